The fourth-order valence-electron chi connectivity index (χ4n) is 2.22. The highest BCUT2D eigenvalue weighted by atomic mass is 16.5. The monoisotopic (exact) mass is 237 g/mol. The van der Waals surface area contributed by atoms with E-state index in [1.807, 2.05) is 18.2 Å². The van der Waals surface area contributed by atoms with Crippen molar-refractivity contribution in [1.29, 1.82) is 0 Å². The Kier molecular flexibility index (Phi) is 3.86. The van der Waals surface area contributed by atoms with Crippen molar-refractivity contribution in [3.05, 3.63) is 23.8 Å². The minimum absolute atomic E-state index is 0.193. The summed E-state index contributed by atoms with van der Waals surface area (Å²) in [6.45, 7) is 0.847. The Morgan fingerprint density at radius 3 is 2.65 bits per heavy atom. The Morgan fingerprint density at radius 2 is 2.00 bits per heavy atom. The maximum atomic E-state index is 9.67. The van der Waals surface area contributed by atoms with Crippen molar-refractivity contribution in [3.63, 3.8) is 0 Å². The quantitative estimate of drug-likeness (QED) is 0.836. The molecule has 0 aliphatic carbocycles. The first-order chi connectivity index (χ1) is 8.24. The minimum atomic E-state index is -0.214. The third-order valence-electron chi connectivity index (χ3n) is 3.19. The Bertz CT molecular complexity index is 381. The van der Waals surface area contributed by atoms with Crippen LogP contribution in [0.4, 0.5) is 0 Å². The summed E-state index contributed by atoms with van der Waals surface area (Å²) >= 11 is 0. The summed E-state index contributed by atoms with van der Waals surface area (Å²) < 4.78 is 10.5. The van der Waals surface area contributed by atoms with Gasteiger partial charge in [-0.25, -0.2) is 0 Å². The van der Waals surface area contributed by atoms with E-state index in [0.29, 0.717) is 0 Å². The topological polar surface area (TPSA) is 50.7 Å². The number of rotatable bonds is 3. The van der Waals surface area contributed by atoms with Gasteiger partial charge in [0.2, 0.25) is 0 Å². The molecule has 1 saturated heterocycles. The number of piperidine rings is 1. The van der Waals surface area contributed by atoms with E-state index >= 15 is 0 Å². The summed E-state index contributed by atoms with van der Waals surface area (Å²) in [5.41, 5.74) is 1.13. The molecule has 2 atom stereocenters. The molecule has 1 aromatic rings. The van der Waals surface area contributed by atoms with E-state index in [9.17, 15) is 5.11 Å². The van der Waals surface area contributed by atoms with Crippen molar-refractivity contribution in [3.8, 4) is 11.5 Å². The number of aliphatic hydroxyl groups is 1. The zero-order valence-electron chi connectivity index (χ0n) is 10.3. The fourth-order valence-corrected chi connectivity index (χ4v) is 2.22. The molecule has 4 heteroatoms. The van der Waals surface area contributed by atoms with Crippen LogP contribution in [0, 0.1) is 0 Å². The van der Waals surface area contributed by atoms with Crippen molar-refractivity contribution in [2.24, 2.45) is 0 Å². The van der Waals surface area contributed by atoms with Gasteiger partial charge < -0.3 is 19.9 Å². The first-order valence-corrected chi connectivity index (χ1v) is 5.88. The van der Waals surface area contributed by atoms with E-state index < -0.39 is 0 Å². The molecule has 17 heavy (non-hydrogen) atoms. The number of nitrogens with one attached hydrogen (secondary N) is 1. The molecular weight excluding hydrogens is 218 g/mol. The summed E-state index contributed by atoms with van der Waals surface area (Å²) in [6, 6.07) is 6.07. The molecular formula is C13H19NO3. The Labute approximate surface area is 102 Å². The number of hydrogen-bond acceptors (Lipinski definition) is 4. The SMILES string of the molecule is COc1ccc(C2CC(O)CCN2)cc1OC. The highest BCUT2D eigenvalue weighted by Gasteiger charge is 2.21. The second kappa shape index (κ2) is 5.38. The molecule has 0 aromatic heterocycles. The van der Waals surface area contributed by atoms with Crippen LogP contribution in [-0.4, -0.2) is 32.0 Å². The second-order valence-electron chi connectivity index (χ2n) is 4.30. The molecule has 2 rings (SSSR count). The van der Waals surface area contributed by atoms with Gasteiger partial charge >= 0.3 is 0 Å². The largest absolute Gasteiger partial charge is 0.493 e. The Morgan fingerprint density at radius 1 is 1.24 bits per heavy atom. The lowest BCUT2D eigenvalue weighted by molar-refractivity contribution is 0.116. The van der Waals surface area contributed by atoms with Crippen LogP contribution in [0.3, 0.4) is 0 Å². The molecule has 1 aliphatic heterocycles. The van der Waals surface area contributed by atoms with E-state index in [2.05, 4.69) is 5.32 Å². The molecule has 0 saturated carbocycles. The van der Waals surface area contributed by atoms with Crippen molar-refractivity contribution >= 4 is 0 Å². The standard InChI is InChI=1S/C13H19NO3/c1-16-12-4-3-9(7-13(12)17-2)11-8-10(15)5-6-14-11/h3-4,7,10-11,14-15H,5-6,8H2,1-2H3. The van der Waals surface area contributed by atoms with Crippen LogP contribution in [0.15, 0.2) is 18.2 Å². The lowest BCUT2D eigenvalue weighted by Crippen LogP contribution is -2.34. The van der Waals surface area contributed by atoms with E-state index in [1.54, 1.807) is 14.2 Å². The van der Waals surface area contributed by atoms with Crippen LogP contribution in [0.1, 0.15) is 24.4 Å². The summed E-state index contributed by atoms with van der Waals surface area (Å²) in [6.07, 6.45) is 1.36. The first kappa shape index (κ1) is 12.2. The smallest absolute Gasteiger partial charge is 0.161 e. The zero-order valence-corrected chi connectivity index (χ0v) is 10.3. The Hall–Kier alpha value is -1.26. The minimum Gasteiger partial charge on any atom is -0.493 e. The summed E-state index contributed by atoms with van der Waals surface area (Å²) in [4.78, 5) is 0. The van der Waals surface area contributed by atoms with Gasteiger partial charge in [0, 0.05) is 6.04 Å². The lowest BCUT2D eigenvalue weighted by Gasteiger charge is -2.28. The zero-order chi connectivity index (χ0) is 12.3. The van der Waals surface area contributed by atoms with Crippen LogP contribution in [0.5, 0.6) is 11.5 Å². The molecule has 1 aromatic carbocycles. The molecule has 4 nitrogen and oxygen atoms in total. The molecule has 0 spiro atoms. The van der Waals surface area contributed by atoms with E-state index in [0.717, 1.165) is 36.4 Å². The molecule has 0 bridgehead atoms. The van der Waals surface area contributed by atoms with Gasteiger partial charge in [-0.05, 0) is 37.1 Å². The number of methoxy groups -OCH3 is 2. The van der Waals surface area contributed by atoms with Gasteiger partial charge in [0.25, 0.3) is 0 Å². The summed E-state index contributed by atoms with van der Waals surface area (Å²) in [7, 11) is 3.25. The molecule has 0 radical (unpaired) electrons. The van der Waals surface area contributed by atoms with Crippen LogP contribution in [-0.2, 0) is 0 Å². The number of hydrogen-bond donors (Lipinski definition) is 2. The molecule has 2 unspecified atom stereocenters. The molecule has 1 aliphatic rings. The summed E-state index contributed by atoms with van der Waals surface area (Å²) in [5.74, 6) is 1.46. The van der Waals surface area contributed by atoms with Crippen LogP contribution in [0.25, 0.3) is 0 Å². The molecule has 0 amide bonds. The van der Waals surface area contributed by atoms with Crippen LogP contribution >= 0.6 is 0 Å². The molecule has 1 fully saturated rings. The van der Waals surface area contributed by atoms with Crippen molar-refractivity contribution in [1.82, 2.24) is 5.32 Å². The average molecular weight is 237 g/mol. The van der Waals surface area contributed by atoms with Gasteiger partial charge in [-0.3, -0.25) is 0 Å². The first-order valence-electron chi connectivity index (χ1n) is 5.88. The third-order valence-corrected chi connectivity index (χ3v) is 3.19. The number of ether oxygens (including phenoxy) is 2. The average Bonchev–Trinajstić information content (AvgIpc) is 2.38. The van der Waals surface area contributed by atoms with Crippen LogP contribution in [0.2, 0.25) is 0 Å². The highest BCUT2D eigenvalue weighted by molar-refractivity contribution is 5.43. The van der Waals surface area contributed by atoms with Gasteiger partial charge in [0.1, 0.15) is 0 Å². The summed E-state index contributed by atoms with van der Waals surface area (Å²) in [5, 5.41) is 13.1. The normalized spacial score (nSPS) is 24.4. The number of benzene rings is 1. The Balaban J connectivity index is 2.20. The van der Waals surface area contributed by atoms with Gasteiger partial charge in [-0.15, -0.1) is 0 Å². The molecule has 1 heterocycles. The van der Waals surface area contributed by atoms with Gasteiger partial charge in [-0.1, -0.05) is 6.07 Å². The third kappa shape index (κ3) is 2.70. The molecule has 2 N–H and O–H groups in total. The van der Waals surface area contributed by atoms with Gasteiger partial charge in [0.05, 0.1) is 20.3 Å². The van der Waals surface area contributed by atoms with E-state index in [4.69, 9.17) is 9.47 Å². The predicted octanol–water partition coefficient (Wildman–Crippen LogP) is 1.49. The maximum absolute atomic E-state index is 9.67. The second-order valence-corrected chi connectivity index (χ2v) is 4.30. The van der Waals surface area contributed by atoms with E-state index in [1.165, 1.54) is 0 Å². The maximum Gasteiger partial charge on any atom is 0.161 e. The van der Waals surface area contributed by atoms with Gasteiger partial charge in [-0.2, -0.15) is 0 Å². The van der Waals surface area contributed by atoms with Crippen molar-refractivity contribution in [2.75, 3.05) is 20.8 Å². The van der Waals surface area contributed by atoms with E-state index in [-0.39, 0.29) is 12.1 Å². The van der Waals surface area contributed by atoms with Gasteiger partial charge in [0.15, 0.2) is 11.5 Å². The lowest BCUT2D eigenvalue weighted by atomic mass is 9.95. The fraction of sp³-hybridized carbons (Fsp3) is 0.538. The van der Waals surface area contributed by atoms with Crippen LogP contribution < -0.4 is 14.8 Å². The predicted molar refractivity (Wildman–Crippen MR) is 65.5 cm³/mol. The van der Waals surface area contributed by atoms with Crippen molar-refractivity contribution < 1.29 is 14.6 Å². The highest BCUT2D eigenvalue weighted by Crippen LogP contribution is 2.32. The van der Waals surface area contributed by atoms with Crippen molar-refractivity contribution in [2.45, 2.75) is 25.0 Å². The number of aliphatic hydroxyl groups excluding tert-OH is 1. The molecule has 94 valence electrons.